The van der Waals surface area contributed by atoms with Crippen molar-refractivity contribution in [3.8, 4) is 6.07 Å². The third kappa shape index (κ3) is 3.47. The molecule has 1 rings (SSSR count). The number of nitrogens with zero attached hydrogens (tertiary/aromatic N) is 2. The number of hydrogen-bond acceptors (Lipinski definition) is 2. The summed E-state index contributed by atoms with van der Waals surface area (Å²) in [5.41, 5.74) is 7.75. The van der Waals surface area contributed by atoms with Crippen LogP contribution in [0.3, 0.4) is 0 Å². The number of nitrogens with two attached hydrogens (primary N) is 1. The maximum atomic E-state index is 9.10. The van der Waals surface area contributed by atoms with Gasteiger partial charge in [-0.1, -0.05) is 26.8 Å². The van der Waals surface area contributed by atoms with Gasteiger partial charge < -0.3 is 5.73 Å². The number of benzene rings is 1. The Morgan fingerprint density at radius 1 is 1.47 bits per heavy atom. The molecule has 0 spiro atoms. The molecule has 0 saturated heterocycles. The summed E-state index contributed by atoms with van der Waals surface area (Å²) in [6.45, 7) is 6.29. The Morgan fingerprint density at radius 3 is 2.59 bits per heavy atom. The molecule has 0 radical (unpaired) electrons. The molecule has 0 aliphatic heterocycles. The quantitative estimate of drug-likeness (QED) is 0.497. The number of rotatable bonds is 2. The van der Waals surface area contributed by atoms with Gasteiger partial charge in [0.25, 0.3) is 0 Å². The first-order chi connectivity index (χ1) is 7.88. The normalized spacial score (nSPS) is 12.3. The molecule has 0 aliphatic rings. The standard InChI is InChI=1S/C13H16ClN3/c1-13(2,3)10-4-5-11(9(6-10)8-15)17-12(16)7-14/h4-6H,7H2,1-3H3,(H2,16,17). The van der Waals surface area contributed by atoms with Gasteiger partial charge in [-0.3, -0.25) is 0 Å². The summed E-state index contributed by atoms with van der Waals surface area (Å²) >= 11 is 5.56. The first-order valence-corrected chi connectivity index (χ1v) is 5.85. The van der Waals surface area contributed by atoms with E-state index in [1.807, 2.05) is 12.1 Å². The first kappa shape index (κ1) is 13.5. The second-order valence-corrected chi connectivity index (χ2v) is 5.10. The summed E-state index contributed by atoms with van der Waals surface area (Å²) in [5.74, 6) is 0.470. The lowest BCUT2D eigenvalue weighted by Crippen LogP contribution is -2.13. The Balaban J connectivity index is 3.25. The SMILES string of the molecule is CC(C)(C)c1ccc(N=C(N)CCl)c(C#N)c1. The Morgan fingerprint density at radius 2 is 2.12 bits per heavy atom. The lowest BCUT2D eigenvalue weighted by molar-refractivity contribution is 0.590. The molecular formula is C13H16ClN3. The summed E-state index contributed by atoms with van der Waals surface area (Å²) in [4.78, 5) is 4.11. The number of nitriles is 1. The average molecular weight is 250 g/mol. The van der Waals surface area contributed by atoms with Crippen LogP contribution in [-0.2, 0) is 5.41 Å². The Hall–Kier alpha value is -1.53. The molecule has 0 saturated carbocycles. The van der Waals surface area contributed by atoms with Gasteiger partial charge in [-0.25, -0.2) is 4.99 Å². The summed E-state index contributed by atoms with van der Waals surface area (Å²) in [7, 11) is 0. The minimum Gasteiger partial charge on any atom is -0.386 e. The zero-order chi connectivity index (χ0) is 13.1. The predicted octanol–water partition coefficient (Wildman–Crippen LogP) is 3.08. The third-order valence-electron chi connectivity index (χ3n) is 2.38. The van der Waals surface area contributed by atoms with Crippen molar-refractivity contribution in [3.05, 3.63) is 29.3 Å². The zero-order valence-corrected chi connectivity index (χ0v) is 11.0. The van der Waals surface area contributed by atoms with E-state index in [1.165, 1.54) is 0 Å². The Bertz CT molecular complexity index is 478. The van der Waals surface area contributed by atoms with Gasteiger partial charge in [-0.15, -0.1) is 11.6 Å². The lowest BCUT2D eigenvalue weighted by atomic mass is 9.86. The molecule has 1 aromatic carbocycles. The zero-order valence-electron chi connectivity index (χ0n) is 10.3. The monoisotopic (exact) mass is 249 g/mol. The number of halogens is 1. The highest BCUT2D eigenvalue weighted by Gasteiger charge is 2.15. The number of alkyl halides is 1. The fraction of sp³-hybridized carbons (Fsp3) is 0.385. The van der Waals surface area contributed by atoms with Gasteiger partial charge in [-0.05, 0) is 23.1 Å². The van der Waals surface area contributed by atoms with Gasteiger partial charge in [0.15, 0.2) is 0 Å². The van der Waals surface area contributed by atoms with E-state index in [2.05, 4.69) is 31.8 Å². The maximum absolute atomic E-state index is 9.10. The Labute approximate surface area is 107 Å². The molecule has 0 atom stereocenters. The molecule has 0 amide bonds. The van der Waals surface area contributed by atoms with Gasteiger partial charge in [0, 0.05) is 0 Å². The van der Waals surface area contributed by atoms with Crippen LogP contribution in [0.2, 0.25) is 0 Å². The molecule has 3 nitrogen and oxygen atoms in total. The van der Waals surface area contributed by atoms with E-state index in [0.717, 1.165) is 5.56 Å². The van der Waals surface area contributed by atoms with Crippen LogP contribution in [0.5, 0.6) is 0 Å². The van der Waals surface area contributed by atoms with Crippen LogP contribution < -0.4 is 5.73 Å². The van der Waals surface area contributed by atoms with Crippen LogP contribution in [0, 0.1) is 11.3 Å². The molecule has 4 heteroatoms. The largest absolute Gasteiger partial charge is 0.386 e. The molecule has 0 bridgehead atoms. The van der Waals surface area contributed by atoms with Gasteiger partial charge in [0.1, 0.15) is 11.9 Å². The topological polar surface area (TPSA) is 62.2 Å². The lowest BCUT2D eigenvalue weighted by Gasteiger charge is -2.19. The number of hydrogen-bond donors (Lipinski definition) is 1. The van der Waals surface area contributed by atoms with Gasteiger partial charge >= 0.3 is 0 Å². The summed E-state index contributed by atoms with van der Waals surface area (Å²) in [6, 6.07) is 7.74. The average Bonchev–Trinajstić information content (AvgIpc) is 2.27. The summed E-state index contributed by atoms with van der Waals surface area (Å²) < 4.78 is 0. The van der Waals surface area contributed by atoms with Crippen molar-refractivity contribution in [2.45, 2.75) is 26.2 Å². The van der Waals surface area contributed by atoms with Crippen LogP contribution >= 0.6 is 11.6 Å². The van der Waals surface area contributed by atoms with E-state index in [1.54, 1.807) is 6.07 Å². The molecule has 17 heavy (non-hydrogen) atoms. The Kier molecular flexibility index (Phi) is 4.14. The number of amidine groups is 1. The van der Waals surface area contributed by atoms with Crippen molar-refractivity contribution in [1.29, 1.82) is 5.26 Å². The van der Waals surface area contributed by atoms with Crippen molar-refractivity contribution >= 4 is 23.1 Å². The summed E-state index contributed by atoms with van der Waals surface area (Å²) in [6.07, 6.45) is 0. The van der Waals surface area contributed by atoms with Crippen LogP contribution in [0.4, 0.5) is 5.69 Å². The van der Waals surface area contributed by atoms with Gasteiger partial charge in [0.2, 0.25) is 0 Å². The van der Waals surface area contributed by atoms with Crippen LogP contribution in [-0.4, -0.2) is 11.7 Å². The van der Waals surface area contributed by atoms with Crippen LogP contribution in [0.15, 0.2) is 23.2 Å². The second kappa shape index (κ2) is 5.20. The molecule has 0 heterocycles. The molecule has 0 unspecified atom stereocenters. The van der Waals surface area contributed by atoms with E-state index in [4.69, 9.17) is 22.6 Å². The molecule has 1 aromatic rings. The minimum atomic E-state index is 0.00583. The molecular weight excluding hydrogens is 234 g/mol. The van der Waals surface area contributed by atoms with Gasteiger partial charge in [0.05, 0.1) is 17.1 Å². The van der Waals surface area contributed by atoms with E-state index < -0.39 is 0 Å². The molecule has 0 aliphatic carbocycles. The van der Waals surface area contributed by atoms with Crippen LogP contribution in [0.1, 0.15) is 31.9 Å². The van der Waals surface area contributed by atoms with E-state index in [-0.39, 0.29) is 11.3 Å². The van der Waals surface area contributed by atoms with Crippen molar-refractivity contribution in [2.24, 2.45) is 10.7 Å². The third-order valence-corrected chi connectivity index (χ3v) is 2.66. The maximum Gasteiger partial charge on any atom is 0.115 e. The smallest absolute Gasteiger partial charge is 0.115 e. The first-order valence-electron chi connectivity index (χ1n) is 5.32. The van der Waals surface area contributed by atoms with E-state index in [9.17, 15) is 0 Å². The van der Waals surface area contributed by atoms with E-state index in [0.29, 0.717) is 17.1 Å². The summed E-state index contributed by atoms with van der Waals surface area (Å²) in [5, 5.41) is 9.10. The van der Waals surface area contributed by atoms with Crippen molar-refractivity contribution in [3.63, 3.8) is 0 Å². The van der Waals surface area contributed by atoms with Crippen LogP contribution in [0.25, 0.3) is 0 Å². The van der Waals surface area contributed by atoms with Gasteiger partial charge in [-0.2, -0.15) is 5.26 Å². The molecule has 90 valence electrons. The highest BCUT2D eigenvalue weighted by atomic mass is 35.5. The fourth-order valence-corrected chi connectivity index (χ4v) is 1.43. The van der Waals surface area contributed by atoms with Crippen molar-refractivity contribution < 1.29 is 0 Å². The number of aliphatic imine (C=N–C) groups is 1. The predicted molar refractivity (Wildman–Crippen MR) is 71.9 cm³/mol. The fourth-order valence-electron chi connectivity index (χ4n) is 1.37. The highest BCUT2D eigenvalue weighted by molar-refractivity contribution is 6.28. The molecule has 2 N–H and O–H groups in total. The highest BCUT2D eigenvalue weighted by Crippen LogP contribution is 2.27. The second-order valence-electron chi connectivity index (χ2n) is 4.83. The molecule has 0 fully saturated rings. The van der Waals surface area contributed by atoms with E-state index >= 15 is 0 Å². The minimum absolute atomic E-state index is 0.00583. The van der Waals surface area contributed by atoms with Crippen molar-refractivity contribution in [1.82, 2.24) is 0 Å². The molecule has 0 aromatic heterocycles. The van der Waals surface area contributed by atoms with Crippen molar-refractivity contribution in [2.75, 3.05) is 5.88 Å².